The largest absolute Gasteiger partial charge is 0.466 e. The van der Waals surface area contributed by atoms with E-state index < -0.39 is 12.0 Å². The molecule has 2 heterocycles. The van der Waals surface area contributed by atoms with Crippen LogP contribution in [0.4, 0.5) is 4.79 Å². The number of ether oxygens (including phenoxy) is 1. The van der Waals surface area contributed by atoms with Crippen LogP contribution in [0.2, 0.25) is 0 Å². The first-order valence-corrected chi connectivity index (χ1v) is 9.98. The predicted molar refractivity (Wildman–Crippen MR) is 118 cm³/mol. The van der Waals surface area contributed by atoms with Crippen LogP contribution in [0.3, 0.4) is 0 Å². The van der Waals surface area contributed by atoms with Gasteiger partial charge in [0.25, 0.3) is 0 Å². The van der Waals surface area contributed by atoms with Gasteiger partial charge in [-0.15, -0.1) is 0 Å². The summed E-state index contributed by atoms with van der Waals surface area (Å²) in [7, 11) is 1.33. The van der Waals surface area contributed by atoms with Crippen molar-refractivity contribution in [2.45, 2.75) is 26.8 Å². The first kappa shape index (κ1) is 20.4. The minimum absolute atomic E-state index is 0.348. The number of carbonyl (C=O) groups excluding carboxylic acids is 2. The molecule has 1 aliphatic heterocycles. The highest BCUT2D eigenvalue weighted by Gasteiger charge is 2.35. The number of para-hydroxylation sites is 1. The van der Waals surface area contributed by atoms with E-state index in [4.69, 9.17) is 9.84 Å². The summed E-state index contributed by atoms with van der Waals surface area (Å²) in [5, 5.41) is 10.4. The van der Waals surface area contributed by atoms with E-state index in [1.165, 1.54) is 7.11 Å². The van der Waals surface area contributed by atoms with E-state index in [2.05, 4.69) is 16.7 Å². The Hall–Kier alpha value is -3.87. The lowest BCUT2D eigenvalue weighted by atomic mass is 9.92. The fourth-order valence-electron chi connectivity index (χ4n) is 3.82. The van der Waals surface area contributed by atoms with Crippen molar-refractivity contribution in [3.63, 3.8) is 0 Å². The summed E-state index contributed by atoms with van der Waals surface area (Å²) in [6, 6.07) is 14.8. The third kappa shape index (κ3) is 3.82. The number of rotatable bonds is 4. The number of benzene rings is 2. The molecule has 0 fully saturated rings. The zero-order chi connectivity index (χ0) is 22.1. The second-order valence-electron chi connectivity index (χ2n) is 7.59. The van der Waals surface area contributed by atoms with Crippen LogP contribution in [-0.2, 0) is 9.53 Å². The highest BCUT2D eigenvalue weighted by Crippen LogP contribution is 2.36. The molecule has 2 aromatic carbocycles. The number of amides is 2. The van der Waals surface area contributed by atoms with E-state index in [1.54, 1.807) is 11.6 Å². The molecule has 1 aliphatic rings. The fraction of sp³-hybridized carbons (Fsp3) is 0.208. The number of hydrogen-bond donors (Lipinski definition) is 2. The van der Waals surface area contributed by atoms with Crippen molar-refractivity contribution in [2.24, 2.45) is 0 Å². The van der Waals surface area contributed by atoms with Crippen molar-refractivity contribution in [3.8, 4) is 16.9 Å². The van der Waals surface area contributed by atoms with E-state index in [0.29, 0.717) is 22.5 Å². The molecule has 2 N–H and O–H groups in total. The summed E-state index contributed by atoms with van der Waals surface area (Å²) in [6.07, 6.45) is 1.86. The van der Waals surface area contributed by atoms with E-state index >= 15 is 0 Å². The second kappa shape index (κ2) is 8.10. The van der Waals surface area contributed by atoms with Gasteiger partial charge in [-0.1, -0.05) is 35.9 Å². The van der Waals surface area contributed by atoms with Gasteiger partial charge in [0.1, 0.15) is 0 Å². The SMILES string of the molecule is COC(=O)C1=C(C)NC(=O)NC1c1cn(-c2ccccc2)nc1-c1cc(C)ccc1C. The lowest BCUT2D eigenvalue weighted by Crippen LogP contribution is -2.45. The number of nitrogens with zero attached hydrogens (tertiary/aromatic N) is 2. The zero-order valence-electron chi connectivity index (χ0n) is 17.9. The summed E-state index contributed by atoms with van der Waals surface area (Å²) >= 11 is 0. The number of aromatic nitrogens is 2. The summed E-state index contributed by atoms with van der Waals surface area (Å²) in [6.45, 7) is 5.73. The maximum absolute atomic E-state index is 12.6. The minimum atomic E-state index is -0.700. The summed E-state index contributed by atoms with van der Waals surface area (Å²) < 4.78 is 6.78. The molecule has 1 aromatic heterocycles. The van der Waals surface area contributed by atoms with Crippen LogP contribution < -0.4 is 10.6 Å². The Morgan fingerprint density at radius 3 is 2.55 bits per heavy atom. The van der Waals surface area contributed by atoms with E-state index in [-0.39, 0.29) is 6.03 Å². The molecule has 3 aromatic rings. The van der Waals surface area contributed by atoms with Crippen LogP contribution >= 0.6 is 0 Å². The van der Waals surface area contributed by atoms with Gasteiger partial charge in [-0.3, -0.25) is 0 Å². The molecule has 7 heteroatoms. The van der Waals surface area contributed by atoms with Crippen molar-refractivity contribution >= 4 is 12.0 Å². The minimum Gasteiger partial charge on any atom is -0.466 e. The van der Waals surface area contributed by atoms with Gasteiger partial charge in [-0.05, 0) is 44.5 Å². The van der Waals surface area contributed by atoms with Crippen LogP contribution in [-0.4, -0.2) is 28.9 Å². The Bertz CT molecular complexity index is 1190. The fourth-order valence-corrected chi connectivity index (χ4v) is 3.82. The van der Waals surface area contributed by atoms with Crippen molar-refractivity contribution in [1.82, 2.24) is 20.4 Å². The highest BCUT2D eigenvalue weighted by atomic mass is 16.5. The van der Waals surface area contributed by atoms with Crippen molar-refractivity contribution in [3.05, 3.63) is 82.7 Å². The molecule has 31 heavy (non-hydrogen) atoms. The Kier molecular flexibility index (Phi) is 5.33. The molecule has 0 saturated carbocycles. The van der Waals surface area contributed by atoms with E-state index in [9.17, 15) is 9.59 Å². The van der Waals surface area contributed by atoms with Crippen molar-refractivity contribution in [2.75, 3.05) is 7.11 Å². The average Bonchev–Trinajstić information content (AvgIpc) is 3.20. The van der Waals surface area contributed by atoms with Gasteiger partial charge in [0.15, 0.2) is 0 Å². The van der Waals surface area contributed by atoms with Crippen molar-refractivity contribution < 1.29 is 14.3 Å². The van der Waals surface area contributed by atoms with Gasteiger partial charge < -0.3 is 15.4 Å². The number of hydrogen-bond acceptors (Lipinski definition) is 4. The molecule has 0 radical (unpaired) electrons. The maximum Gasteiger partial charge on any atom is 0.337 e. The van der Waals surface area contributed by atoms with Gasteiger partial charge in [0.05, 0.1) is 30.1 Å². The third-order valence-electron chi connectivity index (χ3n) is 5.40. The number of nitrogens with one attached hydrogen (secondary N) is 2. The van der Waals surface area contributed by atoms with E-state index in [1.807, 2.05) is 62.5 Å². The Balaban J connectivity index is 1.97. The van der Waals surface area contributed by atoms with Crippen molar-refractivity contribution in [1.29, 1.82) is 0 Å². The smallest absolute Gasteiger partial charge is 0.337 e. The normalized spacial score (nSPS) is 16.0. The standard InChI is InChI=1S/C24H24N4O3/c1-14-10-11-15(2)18(12-14)21-19(13-28(27-21)17-8-6-5-7-9-17)22-20(23(29)31-4)16(3)25-24(30)26-22/h5-13,22H,1-4H3,(H2,25,26,30). The monoisotopic (exact) mass is 416 g/mol. The molecular weight excluding hydrogens is 392 g/mol. The topological polar surface area (TPSA) is 85.2 Å². The lowest BCUT2D eigenvalue weighted by molar-refractivity contribution is -0.136. The molecule has 7 nitrogen and oxygen atoms in total. The number of urea groups is 1. The van der Waals surface area contributed by atoms with E-state index in [0.717, 1.165) is 22.4 Å². The quantitative estimate of drug-likeness (QED) is 0.631. The van der Waals surface area contributed by atoms with Gasteiger partial charge in [-0.25, -0.2) is 14.3 Å². The van der Waals surface area contributed by atoms with Gasteiger partial charge in [0, 0.05) is 23.0 Å². The molecule has 158 valence electrons. The number of esters is 1. The lowest BCUT2D eigenvalue weighted by Gasteiger charge is -2.27. The third-order valence-corrected chi connectivity index (χ3v) is 5.40. The van der Waals surface area contributed by atoms with Gasteiger partial charge in [-0.2, -0.15) is 5.10 Å². The number of carbonyl (C=O) groups is 2. The van der Waals surface area contributed by atoms with Crippen LogP contribution in [0.5, 0.6) is 0 Å². The molecule has 2 amide bonds. The maximum atomic E-state index is 12.6. The Morgan fingerprint density at radius 2 is 1.84 bits per heavy atom. The Morgan fingerprint density at radius 1 is 1.10 bits per heavy atom. The molecule has 0 bridgehead atoms. The summed E-state index contributed by atoms with van der Waals surface area (Å²) in [5.41, 5.74) is 6.18. The summed E-state index contributed by atoms with van der Waals surface area (Å²) in [4.78, 5) is 24.9. The van der Waals surface area contributed by atoms with Crippen LogP contribution in [0.15, 0.2) is 66.0 Å². The summed E-state index contributed by atoms with van der Waals surface area (Å²) in [5.74, 6) is -0.505. The molecule has 0 aliphatic carbocycles. The zero-order valence-corrected chi connectivity index (χ0v) is 17.9. The predicted octanol–water partition coefficient (Wildman–Crippen LogP) is 3.96. The second-order valence-corrected chi connectivity index (χ2v) is 7.59. The number of allylic oxidation sites excluding steroid dienone is 1. The van der Waals surface area contributed by atoms with Crippen LogP contribution in [0.1, 0.15) is 29.7 Å². The van der Waals surface area contributed by atoms with Gasteiger partial charge in [0.2, 0.25) is 0 Å². The molecule has 0 spiro atoms. The molecular formula is C24H24N4O3. The molecule has 4 rings (SSSR count). The number of aryl methyl sites for hydroxylation is 2. The number of methoxy groups -OCH3 is 1. The van der Waals surface area contributed by atoms with Crippen LogP contribution in [0, 0.1) is 13.8 Å². The first-order chi connectivity index (χ1) is 14.9. The van der Waals surface area contributed by atoms with Crippen LogP contribution in [0.25, 0.3) is 16.9 Å². The first-order valence-electron chi connectivity index (χ1n) is 9.98. The highest BCUT2D eigenvalue weighted by molar-refractivity contribution is 5.95. The average molecular weight is 416 g/mol. The molecule has 1 unspecified atom stereocenters. The molecule has 1 atom stereocenters. The Labute approximate surface area is 180 Å². The van der Waals surface area contributed by atoms with Gasteiger partial charge >= 0.3 is 12.0 Å². The molecule has 0 saturated heterocycles.